The van der Waals surface area contributed by atoms with E-state index in [1.54, 1.807) is 12.1 Å². The molecule has 1 heterocycles. The van der Waals surface area contributed by atoms with Gasteiger partial charge in [-0.2, -0.15) is 0 Å². The highest BCUT2D eigenvalue weighted by Gasteiger charge is 2.02. The molecule has 1 aromatic carbocycles. The lowest BCUT2D eigenvalue weighted by molar-refractivity contribution is 0.475. The van der Waals surface area contributed by atoms with Crippen molar-refractivity contribution < 1.29 is 5.11 Å². The summed E-state index contributed by atoms with van der Waals surface area (Å²) in [5.41, 5.74) is 3.28. The number of nitrogens with zero attached hydrogens (tertiary/aromatic N) is 1. The Morgan fingerprint density at radius 3 is 2.53 bits per heavy atom. The lowest BCUT2D eigenvalue weighted by atomic mass is 10.1. The summed E-state index contributed by atoms with van der Waals surface area (Å²) in [5, 5.41) is 9.71. The fourth-order valence-electron chi connectivity index (χ4n) is 1.64. The van der Waals surface area contributed by atoms with Crippen LogP contribution in [0.5, 0.6) is 5.75 Å². The fraction of sp³-hybridized carbons (Fsp3) is 0.214. The molecule has 0 aliphatic rings. The van der Waals surface area contributed by atoms with E-state index in [0.29, 0.717) is 5.02 Å². The third-order valence-corrected chi connectivity index (χ3v) is 2.99. The second-order valence-electron chi connectivity index (χ2n) is 3.97. The van der Waals surface area contributed by atoms with E-state index in [4.69, 9.17) is 11.6 Å². The molecule has 17 heavy (non-hydrogen) atoms. The molecule has 2 nitrogen and oxygen atoms in total. The van der Waals surface area contributed by atoms with E-state index in [1.807, 2.05) is 18.3 Å². The van der Waals surface area contributed by atoms with Gasteiger partial charge in [0.1, 0.15) is 5.75 Å². The standard InChI is InChI=1S/C14H14ClNO/c1-2-10-3-5-12(16-9-10)7-11-4-6-14(17)13(15)8-11/h3-6,8-9,17H,2,7H2,1H3. The maximum Gasteiger partial charge on any atom is 0.134 e. The third-order valence-electron chi connectivity index (χ3n) is 2.69. The van der Waals surface area contributed by atoms with Crippen molar-refractivity contribution in [3.63, 3.8) is 0 Å². The van der Waals surface area contributed by atoms with E-state index < -0.39 is 0 Å². The Kier molecular flexibility index (Phi) is 3.64. The predicted molar refractivity (Wildman–Crippen MR) is 69.5 cm³/mol. The van der Waals surface area contributed by atoms with Gasteiger partial charge < -0.3 is 5.11 Å². The molecule has 0 fully saturated rings. The molecule has 0 bridgehead atoms. The number of aromatic hydroxyl groups is 1. The quantitative estimate of drug-likeness (QED) is 0.899. The topological polar surface area (TPSA) is 33.1 Å². The Balaban J connectivity index is 2.16. The Bertz CT molecular complexity index is 508. The molecule has 0 atom stereocenters. The number of pyridine rings is 1. The van der Waals surface area contributed by atoms with Gasteiger partial charge in [-0.25, -0.2) is 0 Å². The highest BCUT2D eigenvalue weighted by molar-refractivity contribution is 6.32. The van der Waals surface area contributed by atoms with Crippen molar-refractivity contribution in [3.05, 3.63) is 58.4 Å². The van der Waals surface area contributed by atoms with Crippen molar-refractivity contribution in [2.45, 2.75) is 19.8 Å². The molecule has 2 rings (SSSR count). The van der Waals surface area contributed by atoms with E-state index in [1.165, 1.54) is 5.56 Å². The van der Waals surface area contributed by atoms with Crippen molar-refractivity contribution in [3.8, 4) is 5.75 Å². The molecule has 0 aliphatic carbocycles. The summed E-state index contributed by atoms with van der Waals surface area (Å²) < 4.78 is 0. The van der Waals surface area contributed by atoms with Gasteiger partial charge in [0, 0.05) is 18.3 Å². The third kappa shape index (κ3) is 2.98. The number of phenols is 1. The lowest BCUT2D eigenvalue weighted by Crippen LogP contribution is -1.93. The summed E-state index contributed by atoms with van der Waals surface area (Å²) >= 11 is 5.86. The zero-order chi connectivity index (χ0) is 12.3. The average molecular weight is 248 g/mol. The second-order valence-corrected chi connectivity index (χ2v) is 4.38. The number of aromatic nitrogens is 1. The minimum absolute atomic E-state index is 0.115. The van der Waals surface area contributed by atoms with Crippen LogP contribution in [-0.4, -0.2) is 10.1 Å². The number of benzene rings is 1. The summed E-state index contributed by atoms with van der Waals surface area (Å²) in [7, 11) is 0. The van der Waals surface area contributed by atoms with Crippen LogP contribution in [0.25, 0.3) is 0 Å². The average Bonchev–Trinajstić information content (AvgIpc) is 2.35. The van der Waals surface area contributed by atoms with Crippen LogP contribution in [0.2, 0.25) is 5.02 Å². The molecule has 0 saturated heterocycles. The molecule has 0 spiro atoms. The van der Waals surface area contributed by atoms with Crippen molar-refractivity contribution in [2.75, 3.05) is 0 Å². The Labute approximate surface area is 106 Å². The van der Waals surface area contributed by atoms with Crippen molar-refractivity contribution >= 4 is 11.6 Å². The van der Waals surface area contributed by atoms with E-state index in [-0.39, 0.29) is 5.75 Å². The van der Waals surface area contributed by atoms with Crippen LogP contribution in [0.15, 0.2) is 36.5 Å². The molecule has 0 radical (unpaired) electrons. The van der Waals surface area contributed by atoms with Crippen LogP contribution in [0, 0.1) is 0 Å². The van der Waals surface area contributed by atoms with Crippen LogP contribution in [0.1, 0.15) is 23.7 Å². The minimum Gasteiger partial charge on any atom is -0.506 e. The number of aryl methyl sites for hydroxylation is 1. The Morgan fingerprint density at radius 1 is 1.18 bits per heavy atom. The van der Waals surface area contributed by atoms with E-state index in [0.717, 1.165) is 24.1 Å². The van der Waals surface area contributed by atoms with Crippen LogP contribution in [0.4, 0.5) is 0 Å². The first-order valence-electron chi connectivity index (χ1n) is 5.60. The Hall–Kier alpha value is -1.54. The number of rotatable bonds is 3. The number of halogens is 1. The molecule has 1 N–H and O–H groups in total. The second kappa shape index (κ2) is 5.19. The fourth-order valence-corrected chi connectivity index (χ4v) is 1.84. The van der Waals surface area contributed by atoms with E-state index in [9.17, 15) is 5.11 Å². The first-order valence-corrected chi connectivity index (χ1v) is 5.98. The SMILES string of the molecule is CCc1ccc(Cc2ccc(O)c(Cl)c2)nc1. The summed E-state index contributed by atoms with van der Waals surface area (Å²) in [5.74, 6) is 0.115. The summed E-state index contributed by atoms with van der Waals surface area (Å²) in [6.07, 6.45) is 3.62. The van der Waals surface area contributed by atoms with Crippen molar-refractivity contribution in [2.24, 2.45) is 0 Å². The molecule has 0 saturated carbocycles. The van der Waals surface area contributed by atoms with Crippen LogP contribution >= 0.6 is 11.6 Å². The molecule has 0 unspecified atom stereocenters. The van der Waals surface area contributed by atoms with Gasteiger partial charge in [0.2, 0.25) is 0 Å². The molecular formula is C14H14ClNO. The van der Waals surface area contributed by atoms with Gasteiger partial charge in [-0.1, -0.05) is 30.7 Å². The molecule has 2 aromatic rings. The highest BCUT2D eigenvalue weighted by Crippen LogP contribution is 2.24. The summed E-state index contributed by atoms with van der Waals surface area (Å²) in [6, 6.07) is 9.35. The first-order chi connectivity index (χ1) is 8.19. The maximum atomic E-state index is 9.33. The summed E-state index contributed by atoms with van der Waals surface area (Å²) in [6.45, 7) is 2.11. The molecule has 0 aliphatic heterocycles. The normalized spacial score (nSPS) is 10.5. The van der Waals surface area contributed by atoms with Crippen molar-refractivity contribution in [1.29, 1.82) is 0 Å². The number of hydrogen-bond donors (Lipinski definition) is 1. The molecule has 88 valence electrons. The van der Waals surface area contributed by atoms with Crippen LogP contribution in [-0.2, 0) is 12.8 Å². The van der Waals surface area contributed by atoms with Crippen LogP contribution < -0.4 is 0 Å². The molecule has 0 amide bonds. The van der Waals surface area contributed by atoms with Gasteiger partial charge in [0.15, 0.2) is 0 Å². The highest BCUT2D eigenvalue weighted by atomic mass is 35.5. The zero-order valence-corrected chi connectivity index (χ0v) is 10.4. The van der Waals surface area contributed by atoms with E-state index >= 15 is 0 Å². The predicted octanol–water partition coefficient (Wildman–Crippen LogP) is 3.59. The molecule has 1 aromatic heterocycles. The monoisotopic (exact) mass is 247 g/mol. The molecular weight excluding hydrogens is 234 g/mol. The van der Waals surface area contributed by atoms with Gasteiger partial charge in [-0.15, -0.1) is 0 Å². The maximum absolute atomic E-state index is 9.33. The Morgan fingerprint density at radius 2 is 1.94 bits per heavy atom. The smallest absolute Gasteiger partial charge is 0.134 e. The van der Waals surface area contributed by atoms with Crippen molar-refractivity contribution in [1.82, 2.24) is 4.98 Å². The first kappa shape index (κ1) is 11.9. The van der Waals surface area contributed by atoms with E-state index in [2.05, 4.69) is 18.0 Å². The number of hydrogen-bond acceptors (Lipinski definition) is 2. The van der Waals surface area contributed by atoms with Gasteiger partial charge >= 0.3 is 0 Å². The number of phenolic OH excluding ortho intramolecular Hbond substituents is 1. The molecule has 3 heteroatoms. The van der Waals surface area contributed by atoms with Gasteiger partial charge in [0.05, 0.1) is 5.02 Å². The van der Waals surface area contributed by atoms with Gasteiger partial charge in [-0.3, -0.25) is 4.98 Å². The lowest BCUT2D eigenvalue weighted by Gasteiger charge is -2.04. The summed E-state index contributed by atoms with van der Waals surface area (Å²) in [4.78, 5) is 4.39. The largest absolute Gasteiger partial charge is 0.506 e. The van der Waals surface area contributed by atoms with Gasteiger partial charge in [-0.05, 0) is 35.7 Å². The minimum atomic E-state index is 0.115. The zero-order valence-electron chi connectivity index (χ0n) is 9.65. The van der Waals surface area contributed by atoms with Crippen LogP contribution in [0.3, 0.4) is 0 Å². The van der Waals surface area contributed by atoms with Gasteiger partial charge in [0.25, 0.3) is 0 Å².